The summed E-state index contributed by atoms with van der Waals surface area (Å²) in [5.74, 6) is -0.103. The summed E-state index contributed by atoms with van der Waals surface area (Å²) in [6.07, 6.45) is 0.886. The molecule has 2 rings (SSSR count). The first-order valence-corrected chi connectivity index (χ1v) is 5.97. The molecule has 0 bridgehead atoms. The van der Waals surface area contributed by atoms with Crippen molar-refractivity contribution < 1.29 is 9.90 Å². The summed E-state index contributed by atoms with van der Waals surface area (Å²) >= 11 is 0. The molecule has 0 aliphatic heterocycles. The molecule has 6 nitrogen and oxygen atoms in total. The molecule has 6 heteroatoms. The highest BCUT2D eigenvalue weighted by atomic mass is 16.3. The summed E-state index contributed by atoms with van der Waals surface area (Å²) in [5, 5.41) is 17.0. The number of carbonyl (C=O) groups is 1. The van der Waals surface area contributed by atoms with E-state index in [-0.39, 0.29) is 12.5 Å². The number of nitrogens with zero attached hydrogens (tertiary/aromatic N) is 4. The lowest BCUT2D eigenvalue weighted by Gasteiger charge is -2.16. The van der Waals surface area contributed by atoms with Crippen LogP contribution in [-0.4, -0.2) is 33.1 Å². The van der Waals surface area contributed by atoms with E-state index in [1.807, 2.05) is 30.3 Å². The zero-order valence-electron chi connectivity index (χ0n) is 10.9. The number of amides is 1. The van der Waals surface area contributed by atoms with E-state index < -0.39 is 6.10 Å². The Morgan fingerprint density at radius 3 is 2.68 bits per heavy atom. The Balaban J connectivity index is 2.04. The van der Waals surface area contributed by atoms with Gasteiger partial charge in [0.15, 0.2) is 0 Å². The maximum absolute atomic E-state index is 12.1. The second-order valence-electron chi connectivity index (χ2n) is 4.31. The van der Waals surface area contributed by atoms with E-state index in [4.69, 9.17) is 0 Å². The van der Waals surface area contributed by atoms with Crippen molar-refractivity contribution in [1.29, 1.82) is 0 Å². The Labute approximate surface area is 111 Å². The van der Waals surface area contributed by atoms with Gasteiger partial charge in [0.25, 0.3) is 0 Å². The number of aromatic nitrogens is 3. The second kappa shape index (κ2) is 5.62. The van der Waals surface area contributed by atoms with Gasteiger partial charge in [0.1, 0.15) is 12.2 Å². The number of aliphatic hydroxyl groups excluding tert-OH is 1. The normalized spacial score (nSPS) is 12.2. The van der Waals surface area contributed by atoms with Crippen LogP contribution < -0.4 is 4.90 Å². The molecule has 1 aromatic heterocycles. The standard InChI is InChI=1S/C13H16N4O2/c1-10(18)12-8-17(15-14-12)9-13(19)16(2)11-6-4-3-5-7-11/h3-8,10,18H,9H2,1-2H3. The molecule has 0 saturated carbocycles. The predicted octanol–water partition coefficient (Wildman–Crippen LogP) is 0.994. The molecule has 1 amide bonds. The molecule has 1 heterocycles. The highest BCUT2D eigenvalue weighted by Gasteiger charge is 2.13. The van der Waals surface area contributed by atoms with E-state index >= 15 is 0 Å². The van der Waals surface area contributed by atoms with Crippen molar-refractivity contribution in [3.63, 3.8) is 0 Å². The third kappa shape index (κ3) is 3.17. The summed E-state index contributed by atoms with van der Waals surface area (Å²) in [6.45, 7) is 1.69. The molecule has 19 heavy (non-hydrogen) atoms. The summed E-state index contributed by atoms with van der Waals surface area (Å²) < 4.78 is 1.42. The van der Waals surface area contributed by atoms with Crippen molar-refractivity contribution in [2.24, 2.45) is 0 Å². The van der Waals surface area contributed by atoms with Crippen LogP contribution in [0.4, 0.5) is 5.69 Å². The molecular weight excluding hydrogens is 244 g/mol. The van der Waals surface area contributed by atoms with Gasteiger partial charge in [0.05, 0.1) is 12.3 Å². The third-order valence-corrected chi connectivity index (χ3v) is 2.80. The molecule has 0 saturated heterocycles. The molecule has 1 atom stereocenters. The van der Waals surface area contributed by atoms with Gasteiger partial charge in [0, 0.05) is 12.7 Å². The van der Waals surface area contributed by atoms with E-state index in [9.17, 15) is 9.90 Å². The molecule has 0 aliphatic rings. The van der Waals surface area contributed by atoms with Crippen LogP contribution in [0.15, 0.2) is 36.5 Å². The number of benzene rings is 1. The van der Waals surface area contributed by atoms with E-state index in [2.05, 4.69) is 10.3 Å². The van der Waals surface area contributed by atoms with Gasteiger partial charge in [-0.2, -0.15) is 0 Å². The van der Waals surface area contributed by atoms with Gasteiger partial charge < -0.3 is 10.0 Å². The highest BCUT2D eigenvalue weighted by Crippen LogP contribution is 2.12. The van der Waals surface area contributed by atoms with Gasteiger partial charge in [-0.1, -0.05) is 23.4 Å². The minimum absolute atomic E-state index is 0.0884. The van der Waals surface area contributed by atoms with E-state index in [0.717, 1.165) is 5.69 Å². The summed E-state index contributed by atoms with van der Waals surface area (Å²) in [4.78, 5) is 13.6. The van der Waals surface area contributed by atoms with Crippen molar-refractivity contribution >= 4 is 11.6 Å². The molecule has 2 aromatic rings. The predicted molar refractivity (Wildman–Crippen MR) is 70.5 cm³/mol. The van der Waals surface area contributed by atoms with Crippen LogP contribution in [0.3, 0.4) is 0 Å². The Bertz CT molecular complexity index is 551. The van der Waals surface area contributed by atoms with Gasteiger partial charge in [-0.25, -0.2) is 4.68 Å². The van der Waals surface area contributed by atoms with Crippen LogP contribution in [0.1, 0.15) is 18.7 Å². The van der Waals surface area contributed by atoms with Crippen molar-refractivity contribution in [2.75, 3.05) is 11.9 Å². The van der Waals surface area contributed by atoms with E-state index in [0.29, 0.717) is 5.69 Å². The monoisotopic (exact) mass is 260 g/mol. The molecule has 100 valence electrons. The van der Waals surface area contributed by atoms with Crippen molar-refractivity contribution in [3.05, 3.63) is 42.2 Å². The third-order valence-electron chi connectivity index (χ3n) is 2.80. The van der Waals surface area contributed by atoms with Gasteiger partial charge in [0.2, 0.25) is 5.91 Å². The van der Waals surface area contributed by atoms with Crippen LogP contribution >= 0.6 is 0 Å². The lowest BCUT2D eigenvalue weighted by Crippen LogP contribution is -2.30. The number of anilines is 1. The molecule has 1 aromatic carbocycles. The van der Waals surface area contributed by atoms with Gasteiger partial charge in [-0.15, -0.1) is 5.10 Å². The van der Waals surface area contributed by atoms with Gasteiger partial charge in [-0.3, -0.25) is 4.79 Å². The molecule has 0 fully saturated rings. The lowest BCUT2D eigenvalue weighted by molar-refractivity contribution is -0.119. The number of para-hydroxylation sites is 1. The number of hydrogen-bond donors (Lipinski definition) is 1. The smallest absolute Gasteiger partial charge is 0.248 e. The summed E-state index contributed by atoms with van der Waals surface area (Å²) in [7, 11) is 1.71. The number of likely N-dealkylation sites (N-methyl/N-ethyl adjacent to an activating group) is 1. The van der Waals surface area contributed by atoms with Gasteiger partial charge >= 0.3 is 0 Å². The highest BCUT2D eigenvalue weighted by molar-refractivity contribution is 5.92. The first-order chi connectivity index (χ1) is 9.08. The first kappa shape index (κ1) is 13.2. The van der Waals surface area contributed by atoms with Crippen molar-refractivity contribution in [2.45, 2.75) is 19.6 Å². The largest absolute Gasteiger partial charge is 0.387 e. The molecule has 1 N–H and O–H groups in total. The fourth-order valence-electron chi connectivity index (χ4n) is 1.62. The number of hydrogen-bond acceptors (Lipinski definition) is 4. The Hall–Kier alpha value is -2.21. The van der Waals surface area contributed by atoms with Crippen LogP contribution in [0.5, 0.6) is 0 Å². The molecule has 1 unspecified atom stereocenters. The van der Waals surface area contributed by atoms with Crippen molar-refractivity contribution in [1.82, 2.24) is 15.0 Å². The Kier molecular flexibility index (Phi) is 3.91. The lowest BCUT2D eigenvalue weighted by atomic mass is 10.3. The fourth-order valence-corrected chi connectivity index (χ4v) is 1.62. The minimum atomic E-state index is -0.685. The average Bonchev–Trinajstić information content (AvgIpc) is 2.87. The SMILES string of the molecule is CC(O)c1cn(CC(=O)N(C)c2ccccc2)nn1. The first-order valence-electron chi connectivity index (χ1n) is 5.97. The quantitative estimate of drug-likeness (QED) is 0.890. The van der Waals surface area contributed by atoms with Crippen LogP contribution in [0.25, 0.3) is 0 Å². The Morgan fingerprint density at radius 1 is 1.42 bits per heavy atom. The van der Waals surface area contributed by atoms with Crippen LogP contribution in [-0.2, 0) is 11.3 Å². The van der Waals surface area contributed by atoms with E-state index in [1.165, 1.54) is 4.68 Å². The van der Waals surface area contributed by atoms with Crippen LogP contribution in [0, 0.1) is 0 Å². The Morgan fingerprint density at radius 2 is 2.11 bits per heavy atom. The minimum Gasteiger partial charge on any atom is -0.387 e. The summed E-state index contributed by atoms with van der Waals surface area (Å²) in [5.41, 5.74) is 1.28. The van der Waals surface area contributed by atoms with Gasteiger partial charge in [-0.05, 0) is 19.1 Å². The zero-order valence-corrected chi connectivity index (χ0v) is 10.9. The average molecular weight is 260 g/mol. The molecular formula is C13H16N4O2. The number of aliphatic hydroxyl groups is 1. The number of rotatable bonds is 4. The fraction of sp³-hybridized carbons (Fsp3) is 0.308. The number of carbonyl (C=O) groups excluding carboxylic acids is 1. The summed E-state index contributed by atoms with van der Waals surface area (Å²) in [6, 6.07) is 9.37. The molecule has 0 radical (unpaired) electrons. The van der Waals surface area contributed by atoms with Crippen molar-refractivity contribution in [3.8, 4) is 0 Å². The maximum atomic E-state index is 12.1. The molecule has 0 spiro atoms. The maximum Gasteiger partial charge on any atom is 0.248 e. The van der Waals surface area contributed by atoms with E-state index in [1.54, 1.807) is 25.1 Å². The molecule has 0 aliphatic carbocycles. The topological polar surface area (TPSA) is 71.2 Å². The second-order valence-corrected chi connectivity index (χ2v) is 4.31. The van der Waals surface area contributed by atoms with Crippen LogP contribution in [0.2, 0.25) is 0 Å². The zero-order chi connectivity index (χ0) is 13.8.